The SMILES string of the molecule is Cc1ccc([C@@H](C)NCCC(C)O)cc1. The average molecular weight is 207 g/mol. The van der Waals surface area contributed by atoms with Crippen molar-refractivity contribution in [2.45, 2.75) is 39.3 Å². The van der Waals surface area contributed by atoms with Crippen molar-refractivity contribution < 1.29 is 5.11 Å². The summed E-state index contributed by atoms with van der Waals surface area (Å²) in [5, 5.41) is 12.5. The third-order valence-corrected chi connectivity index (χ3v) is 2.59. The normalized spacial score (nSPS) is 14.9. The molecule has 1 aromatic rings. The standard InChI is InChI=1S/C13H21NO/c1-10-4-6-13(7-5-10)12(3)14-9-8-11(2)15/h4-7,11-12,14-15H,8-9H2,1-3H3/t11?,12-/m1/s1. The molecular formula is C13H21NO. The molecule has 0 aliphatic carbocycles. The first-order valence-electron chi connectivity index (χ1n) is 5.57. The first kappa shape index (κ1) is 12.2. The number of nitrogens with one attached hydrogen (secondary N) is 1. The molecule has 2 N–H and O–H groups in total. The first-order chi connectivity index (χ1) is 7.09. The third-order valence-electron chi connectivity index (χ3n) is 2.59. The second-order valence-corrected chi connectivity index (χ2v) is 4.22. The number of rotatable bonds is 5. The van der Waals surface area contributed by atoms with Gasteiger partial charge < -0.3 is 10.4 Å². The van der Waals surface area contributed by atoms with Crippen molar-refractivity contribution in [1.82, 2.24) is 5.32 Å². The summed E-state index contributed by atoms with van der Waals surface area (Å²) in [7, 11) is 0. The highest BCUT2D eigenvalue weighted by molar-refractivity contribution is 5.23. The van der Waals surface area contributed by atoms with Crippen LogP contribution >= 0.6 is 0 Å². The van der Waals surface area contributed by atoms with Gasteiger partial charge >= 0.3 is 0 Å². The Kier molecular flexibility index (Phi) is 4.79. The molecule has 0 spiro atoms. The van der Waals surface area contributed by atoms with Crippen molar-refractivity contribution in [3.05, 3.63) is 35.4 Å². The van der Waals surface area contributed by atoms with E-state index >= 15 is 0 Å². The second-order valence-electron chi connectivity index (χ2n) is 4.22. The summed E-state index contributed by atoms with van der Waals surface area (Å²) < 4.78 is 0. The lowest BCUT2D eigenvalue weighted by Crippen LogP contribution is -2.22. The summed E-state index contributed by atoms with van der Waals surface area (Å²) in [6.07, 6.45) is 0.582. The van der Waals surface area contributed by atoms with E-state index in [-0.39, 0.29) is 6.10 Å². The highest BCUT2D eigenvalue weighted by Crippen LogP contribution is 2.12. The zero-order chi connectivity index (χ0) is 11.3. The van der Waals surface area contributed by atoms with Gasteiger partial charge in [-0.05, 0) is 39.3 Å². The molecule has 1 unspecified atom stereocenters. The fourth-order valence-corrected chi connectivity index (χ4v) is 1.48. The highest BCUT2D eigenvalue weighted by Gasteiger charge is 2.04. The van der Waals surface area contributed by atoms with E-state index in [0.717, 1.165) is 13.0 Å². The third kappa shape index (κ3) is 4.45. The summed E-state index contributed by atoms with van der Waals surface area (Å²) in [6.45, 7) is 6.91. The quantitative estimate of drug-likeness (QED) is 0.777. The molecular weight excluding hydrogens is 186 g/mol. The minimum Gasteiger partial charge on any atom is -0.393 e. The van der Waals surface area contributed by atoms with Crippen molar-refractivity contribution in [2.24, 2.45) is 0 Å². The molecule has 1 aromatic carbocycles. The highest BCUT2D eigenvalue weighted by atomic mass is 16.3. The maximum absolute atomic E-state index is 9.13. The Morgan fingerprint density at radius 1 is 1.20 bits per heavy atom. The van der Waals surface area contributed by atoms with E-state index in [9.17, 15) is 0 Å². The molecule has 0 heterocycles. The minimum absolute atomic E-state index is 0.220. The molecule has 0 aliphatic rings. The van der Waals surface area contributed by atoms with E-state index in [1.807, 2.05) is 6.92 Å². The maximum atomic E-state index is 9.13. The van der Waals surface area contributed by atoms with Crippen molar-refractivity contribution in [2.75, 3.05) is 6.54 Å². The van der Waals surface area contributed by atoms with Gasteiger partial charge in [0.2, 0.25) is 0 Å². The summed E-state index contributed by atoms with van der Waals surface area (Å²) in [6, 6.07) is 8.90. The van der Waals surface area contributed by atoms with E-state index in [0.29, 0.717) is 6.04 Å². The van der Waals surface area contributed by atoms with Crippen LogP contribution in [0.4, 0.5) is 0 Å². The molecule has 2 heteroatoms. The smallest absolute Gasteiger partial charge is 0.0524 e. The summed E-state index contributed by atoms with van der Waals surface area (Å²) >= 11 is 0. The molecule has 0 aromatic heterocycles. The van der Waals surface area contributed by atoms with Crippen LogP contribution in [0.3, 0.4) is 0 Å². The van der Waals surface area contributed by atoms with Gasteiger partial charge in [0.15, 0.2) is 0 Å². The predicted molar refractivity (Wildman–Crippen MR) is 63.9 cm³/mol. The molecule has 2 atom stereocenters. The fourth-order valence-electron chi connectivity index (χ4n) is 1.48. The van der Waals surface area contributed by atoms with Gasteiger partial charge in [0, 0.05) is 6.04 Å². The van der Waals surface area contributed by atoms with E-state index in [2.05, 4.69) is 43.4 Å². The summed E-state index contributed by atoms with van der Waals surface area (Å²) in [4.78, 5) is 0. The van der Waals surface area contributed by atoms with Crippen molar-refractivity contribution in [3.8, 4) is 0 Å². The molecule has 15 heavy (non-hydrogen) atoms. The Labute approximate surface area is 92.3 Å². The number of aliphatic hydroxyl groups is 1. The molecule has 0 amide bonds. The molecule has 0 saturated heterocycles. The van der Waals surface area contributed by atoms with Crippen LogP contribution < -0.4 is 5.32 Å². The van der Waals surface area contributed by atoms with Crippen LogP contribution in [0.5, 0.6) is 0 Å². The zero-order valence-corrected chi connectivity index (χ0v) is 9.83. The Morgan fingerprint density at radius 3 is 2.33 bits per heavy atom. The van der Waals surface area contributed by atoms with E-state index in [1.54, 1.807) is 0 Å². The van der Waals surface area contributed by atoms with Crippen LogP contribution in [0, 0.1) is 6.92 Å². The van der Waals surface area contributed by atoms with Crippen LogP contribution in [0.1, 0.15) is 37.4 Å². The Balaban J connectivity index is 2.40. The molecule has 0 fully saturated rings. The zero-order valence-electron chi connectivity index (χ0n) is 9.83. The fraction of sp³-hybridized carbons (Fsp3) is 0.538. The maximum Gasteiger partial charge on any atom is 0.0524 e. The predicted octanol–water partition coefficient (Wildman–Crippen LogP) is 2.42. The Bertz CT molecular complexity index is 279. The topological polar surface area (TPSA) is 32.3 Å². The number of hydrogen-bond donors (Lipinski definition) is 2. The van der Waals surface area contributed by atoms with Gasteiger partial charge in [0.05, 0.1) is 6.10 Å². The minimum atomic E-state index is -0.220. The second kappa shape index (κ2) is 5.89. The van der Waals surface area contributed by atoms with Crippen LogP contribution in [0.15, 0.2) is 24.3 Å². The van der Waals surface area contributed by atoms with Crippen LogP contribution in [0.2, 0.25) is 0 Å². The van der Waals surface area contributed by atoms with E-state index in [4.69, 9.17) is 5.11 Å². The van der Waals surface area contributed by atoms with Crippen LogP contribution in [-0.2, 0) is 0 Å². The van der Waals surface area contributed by atoms with Crippen molar-refractivity contribution >= 4 is 0 Å². The monoisotopic (exact) mass is 207 g/mol. The average Bonchev–Trinajstić information content (AvgIpc) is 2.18. The molecule has 84 valence electrons. The van der Waals surface area contributed by atoms with Gasteiger partial charge in [-0.3, -0.25) is 0 Å². The van der Waals surface area contributed by atoms with Gasteiger partial charge in [0.25, 0.3) is 0 Å². The van der Waals surface area contributed by atoms with Gasteiger partial charge in [0.1, 0.15) is 0 Å². The molecule has 0 radical (unpaired) electrons. The van der Waals surface area contributed by atoms with Crippen LogP contribution in [0.25, 0.3) is 0 Å². The van der Waals surface area contributed by atoms with Crippen molar-refractivity contribution in [1.29, 1.82) is 0 Å². The van der Waals surface area contributed by atoms with Gasteiger partial charge in [-0.1, -0.05) is 29.8 Å². The number of aryl methyl sites for hydroxylation is 1. The van der Waals surface area contributed by atoms with Gasteiger partial charge in [-0.25, -0.2) is 0 Å². The van der Waals surface area contributed by atoms with Crippen LogP contribution in [-0.4, -0.2) is 17.8 Å². The van der Waals surface area contributed by atoms with E-state index < -0.39 is 0 Å². The largest absolute Gasteiger partial charge is 0.393 e. The molecule has 2 nitrogen and oxygen atoms in total. The number of aliphatic hydroxyl groups excluding tert-OH is 1. The summed E-state index contributed by atoms with van der Waals surface area (Å²) in [5.41, 5.74) is 2.58. The van der Waals surface area contributed by atoms with E-state index in [1.165, 1.54) is 11.1 Å². The van der Waals surface area contributed by atoms with Gasteiger partial charge in [-0.2, -0.15) is 0 Å². The molecule has 0 saturated carbocycles. The Hall–Kier alpha value is -0.860. The first-order valence-corrected chi connectivity index (χ1v) is 5.57. The lowest BCUT2D eigenvalue weighted by atomic mass is 10.1. The number of benzene rings is 1. The molecule has 0 aliphatic heterocycles. The molecule has 1 rings (SSSR count). The molecule has 0 bridgehead atoms. The van der Waals surface area contributed by atoms with Gasteiger partial charge in [-0.15, -0.1) is 0 Å². The Morgan fingerprint density at radius 2 is 1.80 bits per heavy atom. The van der Waals surface area contributed by atoms with Crippen molar-refractivity contribution in [3.63, 3.8) is 0 Å². The lowest BCUT2D eigenvalue weighted by Gasteiger charge is -2.15. The summed E-state index contributed by atoms with van der Waals surface area (Å²) in [5.74, 6) is 0. The lowest BCUT2D eigenvalue weighted by molar-refractivity contribution is 0.182. The number of hydrogen-bond acceptors (Lipinski definition) is 2.